The summed E-state index contributed by atoms with van der Waals surface area (Å²) in [6, 6.07) is 13.1. The molecule has 2 aromatic carbocycles. The Morgan fingerprint density at radius 2 is 1.93 bits per heavy atom. The molecule has 0 unspecified atom stereocenters. The Balaban J connectivity index is 1.45. The van der Waals surface area contributed by atoms with E-state index < -0.39 is 0 Å². The molecule has 5 nitrogen and oxygen atoms in total. The molecule has 140 valence electrons. The zero-order valence-electron chi connectivity index (χ0n) is 14.9. The number of nitrogens with zero attached hydrogens (tertiary/aromatic N) is 1. The maximum absolute atomic E-state index is 12.1. The predicted molar refractivity (Wildman–Crippen MR) is 112 cm³/mol. The van der Waals surface area contributed by atoms with Gasteiger partial charge in [-0.05, 0) is 49.6 Å². The molecular formula is C20H20ClN3O2S. The Morgan fingerprint density at radius 1 is 1.11 bits per heavy atom. The lowest BCUT2D eigenvalue weighted by atomic mass is 10.2. The summed E-state index contributed by atoms with van der Waals surface area (Å²) in [5, 5.41) is 6.96. The molecule has 1 aromatic heterocycles. The SMILES string of the molecule is CC(=O)Nc1ccc(NC(=O)CCCCc2nc3ccccc3s2)c(Cl)c1. The molecule has 0 aliphatic carbocycles. The molecule has 0 bridgehead atoms. The molecule has 3 aromatic rings. The van der Waals surface area contributed by atoms with Gasteiger partial charge in [-0.2, -0.15) is 0 Å². The number of benzene rings is 2. The number of nitrogens with one attached hydrogen (secondary N) is 2. The number of unbranched alkanes of at least 4 members (excludes halogenated alkanes) is 1. The molecule has 0 aliphatic rings. The van der Waals surface area contributed by atoms with Crippen molar-refractivity contribution in [3.63, 3.8) is 0 Å². The molecule has 0 spiro atoms. The molecule has 0 atom stereocenters. The maximum atomic E-state index is 12.1. The van der Waals surface area contributed by atoms with E-state index in [9.17, 15) is 9.59 Å². The molecule has 1 heterocycles. The zero-order valence-corrected chi connectivity index (χ0v) is 16.5. The fraction of sp³-hybridized carbons (Fsp3) is 0.250. The number of amides is 2. The highest BCUT2D eigenvalue weighted by molar-refractivity contribution is 7.18. The van der Waals surface area contributed by atoms with Gasteiger partial charge in [-0.3, -0.25) is 9.59 Å². The van der Waals surface area contributed by atoms with Gasteiger partial charge >= 0.3 is 0 Å². The van der Waals surface area contributed by atoms with Crippen molar-refractivity contribution in [3.8, 4) is 0 Å². The minimum absolute atomic E-state index is 0.0755. The van der Waals surface area contributed by atoms with E-state index in [0.717, 1.165) is 29.8 Å². The second-order valence-electron chi connectivity index (χ2n) is 6.21. The van der Waals surface area contributed by atoms with Crippen molar-refractivity contribution in [2.45, 2.75) is 32.6 Å². The van der Waals surface area contributed by atoms with Gasteiger partial charge < -0.3 is 10.6 Å². The first-order valence-electron chi connectivity index (χ1n) is 8.73. The third-order valence-electron chi connectivity index (χ3n) is 3.95. The normalized spacial score (nSPS) is 10.7. The quantitative estimate of drug-likeness (QED) is 0.530. The molecule has 27 heavy (non-hydrogen) atoms. The van der Waals surface area contributed by atoms with Crippen molar-refractivity contribution < 1.29 is 9.59 Å². The first kappa shape index (κ1) is 19.3. The fourth-order valence-electron chi connectivity index (χ4n) is 2.70. The Labute approximate surface area is 166 Å². The number of thiazole rings is 1. The standard InChI is InChI=1S/C20H20ClN3O2S/c1-13(25)22-14-10-11-16(15(21)12-14)23-19(26)8-4-5-9-20-24-17-6-2-3-7-18(17)27-20/h2-3,6-7,10-12H,4-5,8-9H2,1H3,(H,22,25)(H,23,26). The number of rotatable bonds is 7. The number of fused-ring (bicyclic) bond motifs is 1. The third kappa shape index (κ3) is 5.52. The van der Waals surface area contributed by atoms with Gasteiger partial charge in [-0.1, -0.05) is 23.7 Å². The maximum Gasteiger partial charge on any atom is 0.224 e. The zero-order chi connectivity index (χ0) is 19.2. The molecule has 2 N–H and O–H groups in total. The van der Waals surface area contributed by atoms with E-state index >= 15 is 0 Å². The van der Waals surface area contributed by atoms with Crippen molar-refractivity contribution >= 4 is 56.3 Å². The van der Waals surface area contributed by atoms with Crippen LogP contribution in [-0.4, -0.2) is 16.8 Å². The highest BCUT2D eigenvalue weighted by Gasteiger charge is 2.08. The van der Waals surface area contributed by atoms with Crippen molar-refractivity contribution in [1.29, 1.82) is 0 Å². The number of para-hydroxylation sites is 1. The summed E-state index contributed by atoms with van der Waals surface area (Å²) in [5.41, 5.74) is 2.18. The number of hydrogen-bond acceptors (Lipinski definition) is 4. The van der Waals surface area contributed by atoms with Gasteiger partial charge in [0.25, 0.3) is 0 Å². The van der Waals surface area contributed by atoms with Crippen molar-refractivity contribution in [2.24, 2.45) is 0 Å². The van der Waals surface area contributed by atoms with Crippen molar-refractivity contribution in [2.75, 3.05) is 10.6 Å². The van der Waals surface area contributed by atoms with Crippen LogP contribution in [0.1, 0.15) is 31.2 Å². The number of hydrogen-bond donors (Lipinski definition) is 2. The van der Waals surface area contributed by atoms with Crippen LogP contribution in [0.3, 0.4) is 0 Å². The molecule has 2 amide bonds. The van der Waals surface area contributed by atoms with Gasteiger partial charge in [0.1, 0.15) is 0 Å². The topological polar surface area (TPSA) is 71.1 Å². The lowest BCUT2D eigenvalue weighted by Crippen LogP contribution is -2.12. The van der Waals surface area contributed by atoms with Crippen LogP contribution >= 0.6 is 22.9 Å². The van der Waals surface area contributed by atoms with Crippen LogP contribution in [0.2, 0.25) is 5.02 Å². The van der Waals surface area contributed by atoms with Gasteiger partial charge in [0.15, 0.2) is 0 Å². The van der Waals surface area contributed by atoms with E-state index in [-0.39, 0.29) is 11.8 Å². The molecule has 0 fully saturated rings. The summed E-state index contributed by atoms with van der Waals surface area (Å²) in [4.78, 5) is 27.8. The number of halogens is 1. The minimum Gasteiger partial charge on any atom is -0.326 e. The first-order valence-corrected chi connectivity index (χ1v) is 9.92. The molecular weight excluding hydrogens is 382 g/mol. The Hall–Kier alpha value is -2.44. The van der Waals surface area contributed by atoms with Gasteiger partial charge in [-0.25, -0.2) is 4.98 Å². The highest BCUT2D eigenvalue weighted by Crippen LogP contribution is 2.26. The van der Waals surface area contributed by atoms with Crippen LogP contribution in [0.15, 0.2) is 42.5 Å². The van der Waals surface area contributed by atoms with Gasteiger partial charge in [0.2, 0.25) is 11.8 Å². The van der Waals surface area contributed by atoms with E-state index in [1.807, 2.05) is 18.2 Å². The van der Waals surface area contributed by atoms with Crippen LogP contribution < -0.4 is 10.6 Å². The van der Waals surface area contributed by atoms with Crippen LogP contribution in [0.5, 0.6) is 0 Å². The van der Waals surface area contributed by atoms with Gasteiger partial charge in [-0.15, -0.1) is 11.3 Å². The highest BCUT2D eigenvalue weighted by atomic mass is 35.5. The smallest absolute Gasteiger partial charge is 0.224 e. The molecule has 0 aliphatic heterocycles. The fourth-order valence-corrected chi connectivity index (χ4v) is 3.94. The molecule has 7 heteroatoms. The van der Waals surface area contributed by atoms with E-state index in [4.69, 9.17) is 11.6 Å². The number of aryl methyl sites for hydroxylation is 1. The van der Waals surface area contributed by atoms with E-state index in [2.05, 4.69) is 21.7 Å². The lowest BCUT2D eigenvalue weighted by Gasteiger charge is -2.09. The number of carbonyl (C=O) groups is 2. The number of aromatic nitrogens is 1. The molecule has 0 saturated carbocycles. The minimum atomic E-state index is -0.170. The van der Waals surface area contributed by atoms with Crippen LogP contribution in [0.25, 0.3) is 10.2 Å². The second kappa shape index (κ2) is 8.97. The average molecular weight is 402 g/mol. The Morgan fingerprint density at radius 3 is 2.67 bits per heavy atom. The summed E-state index contributed by atoms with van der Waals surface area (Å²) in [7, 11) is 0. The van der Waals surface area contributed by atoms with E-state index in [0.29, 0.717) is 22.8 Å². The third-order valence-corrected chi connectivity index (χ3v) is 5.36. The lowest BCUT2D eigenvalue weighted by molar-refractivity contribution is -0.116. The Bertz CT molecular complexity index is 938. The first-order chi connectivity index (χ1) is 13.0. The molecule has 3 rings (SSSR count). The summed E-state index contributed by atoms with van der Waals surface area (Å²) in [5.74, 6) is -0.246. The predicted octanol–water partition coefficient (Wildman–Crippen LogP) is 5.26. The van der Waals surface area contributed by atoms with E-state index in [1.54, 1.807) is 29.5 Å². The largest absolute Gasteiger partial charge is 0.326 e. The Kier molecular flexibility index (Phi) is 6.42. The second-order valence-corrected chi connectivity index (χ2v) is 7.73. The van der Waals surface area contributed by atoms with Gasteiger partial charge in [0, 0.05) is 19.0 Å². The van der Waals surface area contributed by atoms with Crippen LogP contribution in [0.4, 0.5) is 11.4 Å². The summed E-state index contributed by atoms with van der Waals surface area (Å²) in [6.07, 6.45) is 2.99. The van der Waals surface area contributed by atoms with Crippen molar-refractivity contribution in [1.82, 2.24) is 4.98 Å². The molecule has 0 radical (unpaired) electrons. The van der Waals surface area contributed by atoms with Crippen LogP contribution in [0, 0.1) is 0 Å². The van der Waals surface area contributed by atoms with Crippen molar-refractivity contribution in [3.05, 3.63) is 52.5 Å². The van der Waals surface area contributed by atoms with E-state index in [1.165, 1.54) is 11.6 Å². The molecule has 0 saturated heterocycles. The van der Waals surface area contributed by atoms with Gasteiger partial charge in [0.05, 0.1) is 25.9 Å². The summed E-state index contributed by atoms with van der Waals surface area (Å²) >= 11 is 7.87. The number of anilines is 2. The monoisotopic (exact) mass is 401 g/mol. The number of carbonyl (C=O) groups excluding carboxylic acids is 2. The summed E-state index contributed by atoms with van der Waals surface area (Å²) in [6.45, 7) is 1.43. The average Bonchev–Trinajstić information content (AvgIpc) is 3.03. The summed E-state index contributed by atoms with van der Waals surface area (Å²) < 4.78 is 1.20. The van der Waals surface area contributed by atoms with Crippen LogP contribution in [-0.2, 0) is 16.0 Å².